The zero-order valence-electron chi connectivity index (χ0n) is 13.1. The number of benzene rings is 2. The van der Waals surface area contributed by atoms with Crippen molar-refractivity contribution in [3.63, 3.8) is 0 Å². The molecule has 1 amide bonds. The number of ether oxygens (including phenoxy) is 2. The topological polar surface area (TPSA) is 47.6 Å². The molecule has 0 saturated heterocycles. The van der Waals surface area contributed by atoms with Crippen molar-refractivity contribution >= 4 is 11.6 Å². The van der Waals surface area contributed by atoms with E-state index < -0.39 is 17.6 Å². The normalized spacial score (nSPS) is 16.0. The quantitative estimate of drug-likeness (QED) is 0.931. The fraction of sp³-hybridized carbons (Fsp3) is 0.278. The zero-order valence-corrected chi connectivity index (χ0v) is 13.1. The van der Waals surface area contributed by atoms with Gasteiger partial charge >= 0.3 is 0 Å². The zero-order chi connectivity index (χ0) is 17.1. The Morgan fingerprint density at radius 1 is 1.25 bits per heavy atom. The summed E-state index contributed by atoms with van der Waals surface area (Å²) in [7, 11) is 0. The second kappa shape index (κ2) is 6.86. The van der Waals surface area contributed by atoms with Gasteiger partial charge in [-0.2, -0.15) is 0 Å². The van der Waals surface area contributed by atoms with E-state index in [2.05, 4.69) is 5.32 Å². The Bertz CT molecular complexity index is 744. The van der Waals surface area contributed by atoms with Crippen LogP contribution in [0.5, 0.6) is 11.5 Å². The minimum atomic E-state index is -0.739. The molecule has 0 aliphatic carbocycles. The summed E-state index contributed by atoms with van der Waals surface area (Å²) in [5.41, 5.74) is 0.962. The molecule has 2 aromatic rings. The van der Waals surface area contributed by atoms with E-state index in [0.717, 1.165) is 29.5 Å². The van der Waals surface area contributed by atoms with Crippen LogP contribution in [-0.2, 0) is 11.2 Å². The summed E-state index contributed by atoms with van der Waals surface area (Å²) < 4.78 is 37.5. The van der Waals surface area contributed by atoms with Crippen LogP contribution in [0.25, 0.3) is 0 Å². The molecule has 1 atom stereocenters. The highest BCUT2D eigenvalue weighted by Crippen LogP contribution is 2.31. The van der Waals surface area contributed by atoms with Crippen molar-refractivity contribution < 1.29 is 23.0 Å². The molecule has 1 aliphatic heterocycles. The number of hydrogen-bond acceptors (Lipinski definition) is 3. The average Bonchev–Trinajstić information content (AvgIpc) is 2.53. The Balaban J connectivity index is 1.72. The molecular weight excluding hydrogens is 316 g/mol. The molecule has 0 radical (unpaired) electrons. The summed E-state index contributed by atoms with van der Waals surface area (Å²) in [5, 5.41) is 2.53. The third-order valence-corrected chi connectivity index (χ3v) is 3.75. The van der Waals surface area contributed by atoms with Gasteiger partial charge in [-0.05, 0) is 49.2 Å². The molecule has 0 bridgehead atoms. The van der Waals surface area contributed by atoms with Crippen LogP contribution in [0.2, 0.25) is 0 Å². The van der Waals surface area contributed by atoms with Crippen LogP contribution in [0.15, 0.2) is 36.4 Å². The Labute approximate surface area is 138 Å². The number of rotatable bonds is 4. The van der Waals surface area contributed by atoms with E-state index in [1.54, 1.807) is 0 Å². The maximum absolute atomic E-state index is 13.2. The fourth-order valence-corrected chi connectivity index (χ4v) is 2.67. The monoisotopic (exact) mass is 333 g/mol. The molecule has 6 heteroatoms. The van der Waals surface area contributed by atoms with Crippen molar-refractivity contribution in [2.24, 2.45) is 5.92 Å². The Kier molecular flexibility index (Phi) is 4.64. The first-order valence-corrected chi connectivity index (χ1v) is 7.70. The highest BCUT2D eigenvalue weighted by atomic mass is 19.1. The van der Waals surface area contributed by atoms with Crippen LogP contribution in [0.1, 0.15) is 12.5 Å². The largest absolute Gasteiger partial charge is 0.494 e. The van der Waals surface area contributed by atoms with Crippen LogP contribution in [0, 0.1) is 17.6 Å². The highest BCUT2D eigenvalue weighted by molar-refractivity contribution is 5.93. The maximum Gasteiger partial charge on any atom is 0.231 e. The first-order valence-electron chi connectivity index (χ1n) is 7.70. The van der Waals surface area contributed by atoms with Gasteiger partial charge in [0.1, 0.15) is 29.7 Å². The molecule has 126 valence electrons. The summed E-state index contributed by atoms with van der Waals surface area (Å²) >= 11 is 0. The summed E-state index contributed by atoms with van der Waals surface area (Å²) in [4.78, 5) is 12.3. The van der Waals surface area contributed by atoms with Gasteiger partial charge in [-0.1, -0.05) is 0 Å². The van der Waals surface area contributed by atoms with Crippen molar-refractivity contribution in [3.05, 3.63) is 53.6 Å². The van der Waals surface area contributed by atoms with Crippen LogP contribution in [0.3, 0.4) is 0 Å². The Morgan fingerprint density at radius 3 is 2.71 bits per heavy atom. The predicted molar refractivity (Wildman–Crippen MR) is 85.3 cm³/mol. The third-order valence-electron chi connectivity index (χ3n) is 3.75. The lowest BCUT2D eigenvalue weighted by Gasteiger charge is -2.25. The smallest absolute Gasteiger partial charge is 0.231 e. The Hall–Kier alpha value is -2.63. The molecule has 4 nitrogen and oxygen atoms in total. The van der Waals surface area contributed by atoms with Gasteiger partial charge in [0.25, 0.3) is 0 Å². The molecule has 1 aliphatic rings. The van der Waals surface area contributed by atoms with Gasteiger partial charge in [-0.15, -0.1) is 0 Å². The minimum absolute atomic E-state index is 0.0892. The molecule has 0 spiro atoms. The second-order valence-corrected chi connectivity index (χ2v) is 5.56. The molecule has 2 aromatic carbocycles. The molecule has 1 heterocycles. The lowest BCUT2D eigenvalue weighted by Crippen LogP contribution is -2.32. The van der Waals surface area contributed by atoms with E-state index in [9.17, 15) is 13.6 Å². The molecular formula is C18H17F2NO3. The van der Waals surface area contributed by atoms with Gasteiger partial charge < -0.3 is 14.8 Å². The summed E-state index contributed by atoms with van der Waals surface area (Å²) in [6, 6.07) is 8.39. The van der Waals surface area contributed by atoms with Crippen LogP contribution in [-0.4, -0.2) is 19.1 Å². The van der Waals surface area contributed by atoms with Gasteiger partial charge in [0.05, 0.1) is 12.5 Å². The highest BCUT2D eigenvalue weighted by Gasteiger charge is 2.26. The standard InChI is InChI=1S/C18H17F2NO3/c1-2-23-16-3-4-17-11(6-16)5-12(10-24-17)18(22)21-15-8-13(19)7-14(20)9-15/h3-4,6-9,12H,2,5,10H2,1H3,(H,21,22). The van der Waals surface area contributed by atoms with E-state index in [1.807, 2.05) is 25.1 Å². The van der Waals surface area contributed by atoms with Crippen molar-refractivity contribution in [2.45, 2.75) is 13.3 Å². The molecule has 24 heavy (non-hydrogen) atoms. The minimum Gasteiger partial charge on any atom is -0.494 e. The predicted octanol–water partition coefficient (Wildman–Crippen LogP) is 3.55. The summed E-state index contributed by atoms with van der Waals surface area (Å²) in [6.07, 6.45) is 0.472. The fourth-order valence-electron chi connectivity index (χ4n) is 2.67. The number of amides is 1. The molecule has 1 unspecified atom stereocenters. The first-order chi connectivity index (χ1) is 11.5. The number of nitrogens with one attached hydrogen (secondary N) is 1. The summed E-state index contributed by atoms with van der Waals surface area (Å²) in [6.45, 7) is 2.66. The van der Waals surface area contributed by atoms with Crippen molar-refractivity contribution in [2.75, 3.05) is 18.5 Å². The number of carbonyl (C=O) groups is 1. The number of anilines is 1. The van der Waals surface area contributed by atoms with E-state index in [1.165, 1.54) is 0 Å². The molecule has 0 fully saturated rings. The van der Waals surface area contributed by atoms with E-state index in [-0.39, 0.29) is 18.2 Å². The van der Waals surface area contributed by atoms with Crippen molar-refractivity contribution in [1.29, 1.82) is 0 Å². The second-order valence-electron chi connectivity index (χ2n) is 5.56. The number of halogens is 2. The number of hydrogen-bond donors (Lipinski definition) is 1. The summed E-state index contributed by atoms with van der Waals surface area (Å²) in [5.74, 6) is -0.825. The lowest BCUT2D eigenvalue weighted by atomic mass is 9.95. The van der Waals surface area contributed by atoms with Crippen LogP contribution >= 0.6 is 0 Å². The Morgan fingerprint density at radius 2 is 2.00 bits per heavy atom. The molecule has 1 N–H and O–H groups in total. The van der Waals surface area contributed by atoms with Gasteiger partial charge in [-0.25, -0.2) is 8.78 Å². The van der Waals surface area contributed by atoms with Crippen LogP contribution < -0.4 is 14.8 Å². The first kappa shape index (κ1) is 16.2. The van der Waals surface area contributed by atoms with E-state index in [0.29, 0.717) is 18.8 Å². The van der Waals surface area contributed by atoms with Gasteiger partial charge in [-0.3, -0.25) is 4.79 Å². The molecule has 3 rings (SSSR count). The average molecular weight is 333 g/mol. The van der Waals surface area contributed by atoms with Gasteiger partial charge in [0.2, 0.25) is 5.91 Å². The van der Waals surface area contributed by atoms with Crippen LogP contribution in [0.4, 0.5) is 14.5 Å². The molecule has 0 aromatic heterocycles. The molecule has 0 saturated carbocycles. The number of carbonyl (C=O) groups excluding carboxylic acids is 1. The van der Waals surface area contributed by atoms with Gasteiger partial charge in [0, 0.05) is 11.8 Å². The van der Waals surface area contributed by atoms with Gasteiger partial charge in [0.15, 0.2) is 0 Å². The van der Waals surface area contributed by atoms with E-state index >= 15 is 0 Å². The van der Waals surface area contributed by atoms with Crippen molar-refractivity contribution in [1.82, 2.24) is 0 Å². The van der Waals surface area contributed by atoms with E-state index in [4.69, 9.17) is 9.47 Å². The SMILES string of the molecule is CCOc1ccc2c(c1)CC(C(=O)Nc1cc(F)cc(F)c1)CO2. The lowest BCUT2D eigenvalue weighted by molar-refractivity contribution is -0.121. The third kappa shape index (κ3) is 3.64. The maximum atomic E-state index is 13.2. The van der Waals surface area contributed by atoms with Crippen molar-refractivity contribution in [3.8, 4) is 11.5 Å². The number of fused-ring (bicyclic) bond motifs is 1.